The molecule has 0 aromatic carbocycles. The van der Waals surface area contributed by atoms with Gasteiger partial charge in [0, 0.05) is 13.1 Å². The average molecular weight is 172 g/mol. The van der Waals surface area contributed by atoms with Crippen molar-refractivity contribution in [2.24, 2.45) is 5.73 Å². The lowest BCUT2D eigenvalue weighted by molar-refractivity contribution is -0.149. The minimum absolute atomic E-state index is 0.0495. The van der Waals surface area contributed by atoms with E-state index >= 15 is 0 Å². The first-order valence-corrected chi connectivity index (χ1v) is 4.24. The summed E-state index contributed by atoms with van der Waals surface area (Å²) in [5, 5.41) is 0. The minimum Gasteiger partial charge on any atom is -0.460 e. The first-order chi connectivity index (χ1) is 5.59. The molecule has 0 aromatic heterocycles. The van der Waals surface area contributed by atoms with Gasteiger partial charge in [0.1, 0.15) is 12.1 Å². The number of hydrogen-bond acceptors (Lipinski definition) is 4. The van der Waals surface area contributed by atoms with Crippen molar-refractivity contribution in [3.63, 3.8) is 0 Å². The Labute approximate surface area is 72.7 Å². The van der Waals surface area contributed by atoms with E-state index in [9.17, 15) is 4.79 Å². The van der Waals surface area contributed by atoms with Gasteiger partial charge in [0.25, 0.3) is 0 Å². The van der Waals surface area contributed by atoms with Crippen molar-refractivity contribution in [3.8, 4) is 0 Å². The Morgan fingerprint density at radius 2 is 2.42 bits per heavy atom. The molecule has 1 heterocycles. The van der Waals surface area contributed by atoms with Crippen molar-refractivity contribution in [2.75, 3.05) is 20.1 Å². The summed E-state index contributed by atoms with van der Waals surface area (Å²) in [5.74, 6) is -0.296. The Hall–Kier alpha value is -0.610. The molecule has 70 valence electrons. The standard InChI is InChI=1S/C8H16N2O2/c1-6(9)8(11)12-7-3-4-10(2)5-7/h6-7H,3-5,9H2,1-2H3/t6-,7?/m0/s1. The molecule has 0 amide bonds. The number of nitrogens with two attached hydrogens (primary N) is 1. The van der Waals surface area contributed by atoms with Gasteiger partial charge in [-0.25, -0.2) is 0 Å². The SMILES string of the molecule is C[C@H](N)C(=O)OC1CCN(C)C1. The molecule has 4 nitrogen and oxygen atoms in total. The molecule has 12 heavy (non-hydrogen) atoms. The Kier molecular flexibility index (Phi) is 3.05. The Balaban J connectivity index is 2.28. The predicted octanol–water partition coefficient (Wildman–Crippen LogP) is -0.419. The van der Waals surface area contributed by atoms with Gasteiger partial charge in [0.05, 0.1) is 0 Å². The monoisotopic (exact) mass is 172 g/mol. The van der Waals surface area contributed by atoms with Gasteiger partial charge in [-0.1, -0.05) is 0 Å². The summed E-state index contributed by atoms with van der Waals surface area (Å²) < 4.78 is 5.14. The molecule has 0 spiro atoms. The maximum absolute atomic E-state index is 11.0. The number of rotatable bonds is 2. The van der Waals surface area contributed by atoms with Crippen LogP contribution in [0.5, 0.6) is 0 Å². The fourth-order valence-corrected chi connectivity index (χ4v) is 1.26. The number of esters is 1. The van der Waals surface area contributed by atoms with E-state index in [0.29, 0.717) is 0 Å². The molecule has 2 N–H and O–H groups in total. The van der Waals surface area contributed by atoms with E-state index in [0.717, 1.165) is 19.5 Å². The van der Waals surface area contributed by atoms with E-state index in [4.69, 9.17) is 10.5 Å². The second kappa shape index (κ2) is 3.87. The Morgan fingerprint density at radius 1 is 1.75 bits per heavy atom. The molecule has 1 rings (SSSR count). The van der Waals surface area contributed by atoms with Crippen molar-refractivity contribution in [3.05, 3.63) is 0 Å². The molecule has 0 bridgehead atoms. The summed E-state index contributed by atoms with van der Waals surface area (Å²) in [5.41, 5.74) is 5.36. The molecule has 4 heteroatoms. The van der Waals surface area contributed by atoms with Gasteiger partial charge in [-0.15, -0.1) is 0 Å². The van der Waals surface area contributed by atoms with Crippen molar-refractivity contribution in [1.82, 2.24) is 4.90 Å². The van der Waals surface area contributed by atoms with Crippen molar-refractivity contribution in [2.45, 2.75) is 25.5 Å². The summed E-state index contributed by atoms with van der Waals surface area (Å²) in [6.45, 7) is 3.47. The van der Waals surface area contributed by atoms with Crippen molar-refractivity contribution < 1.29 is 9.53 Å². The number of likely N-dealkylation sites (N-methyl/N-ethyl adjacent to an activating group) is 1. The normalized spacial score (nSPS) is 27.1. The first-order valence-electron chi connectivity index (χ1n) is 4.24. The van der Waals surface area contributed by atoms with Crippen LogP contribution in [0, 0.1) is 0 Å². The summed E-state index contributed by atoms with van der Waals surface area (Å²) >= 11 is 0. The molecule has 1 aliphatic rings. The highest BCUT2D eigenvalue weighted by molar-refractivity contribution is 5.75. The number of nitrogens with zero attached hydrogens (tertiary/aromatic N) is 1. The van der Waals surface area contributed by atoms with Crippen LogP contribution in [0.25, 0.3) is 0 Å². The quantitative estimate of drug-likeness (QED) is 0.575. The zero-order chi connectivity index (χ0) is 9.14. The second-order valence-corrected chi connectivity index (χ2v) is 3.40. The smallest absolute Gasteiger partial charge is 0.322 e. The van der Waals surface area contributed by atoms with Crippen LogP contribution < -0.4 is 5.73 Å². The van der Waals surface area contributed by atoms with E-state index in [1.54, 1.807) is 6.92 Å². The lowest BCUT2D eigenvalue weighted by Gasteiger charge is -2.13. The van der Waals surface area contributed by atoms with E-state index in [2.05, 4.69) is 4.90 Å². The van der Waals surface area contributed by atoms with Crippen LogP contribution in [0.3, 0.4) is 0 Å². The highest BCUT2D eigenvalue weighted by Gasteiger charge is 2.23. The number of hydrogen-bond donors (Lipinski definition) is 1. The fourth-order valence-electron chi connectivity index (χ4n) is 1.26. The van der Waals surface area contributed by atoms with Gasteiger partial charge in [-0.2, -0.15) is 0 Å². The third-order valence-corrected chi connectivity index (χ3v) is 2.00. The van der Waals surface area contributed by atoms with Gasteiger partial charge in [-0.05, 0) is 20.4 Å². The van der Waals surface area contributed by atoms with Gasteiger partial charge in [0.15, 0.2) is 0 Å². The maximum Gasteiger partial charge on any atom is 0.322 e. The van der Waals surface area contributed by atoms with Crippen LogP contribution >= 0.6 is 0 Å². The van der Waals surface area contributed by atoms with Gasteiger partial charge >= 0.3 is 5.97 Å². The number of carbonyl (C=O) groups is 1. The van der Waals surface area contributed by atoms with Crippen LogP contribution in [-0.2, 0) is 9.53 Å². The first kappa shape index (κ1) is 9.48. The lowest BCUT2D eigenvalue weighted by Crippen LogP contribution is -2.33. The van der Waals surface area contributed by atoms with Gasteiger partial charge < -0.3 is 15.4 Å². The second-order valence-electron chi connectivity index (χ2n) is 3.40. The van der Waals surface area contributed by atoms with Crippen LogP contribution in [-0.4, -0.2) is 43.2 Å². The molecular formula is C8H16N2O2. The third-order valence-electron chi connectivity index (χ3n) is 2.00. The number of carbonyl (C=O) groups excluding carboxylic acids is 1. The summed E-state index contributed by atoms with van der Waals surface area (Å²) in [7, 11) is 2.01. The maximum atomic E-state index is 11.0. The molecule has 1 aliphatic heterocycles. The number of ether oxygens (including phenoxy) is 1. The highest BCUT2D eigenvalue weighted by atomic mass is 16.5. The van der Waals surface area contributed by atoms with Gasteiger partial charge in [0.2, 0.25) is 0 Å². The molecule has 0 radical (unpaired) electrons. The molecular weight excluding hydrogens is 156 g/mol. The third kappa shape index (κ3) is 2.46. The fraction of sp³-hybridized carbons (Fsp3) is 0.875. The largest absolute Gasteiger partial charge is 0.460 e. The average Bonchev–Trinajstić information content (AvgIpc) is 2.35. The Bertz CT molecular complexity index is 170. The molecule has 1 fully saturated rings. The molecule has 2 atom stereocenters. The molecule has 0 aromatic rings. The zero-order valence-corrected chi connectivity index (χ0v) is 7.62. The topological polar surface area (TPSA) is 55.6 Å². The van der Waals surface area contributed by atoms with E-state index in [-0.39, 0.29) is 12.1 Å². The van der Waals surface area contributed by atoms with Crippen LogP contribution in [0.1, 0.15) is 13.3 Å². The number of likely N-dealkylation sites (tertiary alicyclic amines) is 1. The lowest BCUT2D eigenvalue weighted by atomic mass is 10.3. The van der Waals surface area contributed by atoms with Crippen LogP contribution in [0.15, 0.2) is 0 Å². The van der Waals surface area contributed by atoms with E-state index in [1.165, 1.54) is 0 Å². The molecule has 0 saturated carbocycles. The van der Waals surface area contributed by atoms with Crippen molar-refractivity contribution in [1.29, 1.82) is 0 Å². The molecule has 0 aliphatic carbocycles. The zero-order valence-electron chi connectivity index (χ0n) is 7.62. The summed E-state index contributed by atoms with van der Waals surface area (Å²) in [6, 6.07) is -0.504. The summed E-state index contributed by atoms with van der Waals surface area (Å²) in [4.78, 5) is 13.2. The van der Waals surface area contributed by atoms with E-state index in [1.807, 2.05) is 7.05 Å². The summed E-state index contributed by atoms with van der Waals surface area (Å²) in [6.07, 6.45) is 0.975. The predicted molar refractivity (Wildman–Crippen MR) is 45.6 cm³/mol. The van der Waals surface area contributed by atoms with E-state index < -0.39 is 6.04 Å². The van der Waals surface area contributed by atoms with Crippen LogP contribution in [0.2, 0.25) is 0 Å². The van der Waals surface area contributed by atoms with Crippen molar-refractivity contribution >= 4 is 5.97 Å². The minimum atomic E-state index is -0.504. The molecule has 1 saturated heterocycles. The Morgan fingerprint density at radius 3 is 2.83 bits per heavy atom. The van der Waals surface area contributed by atoms with Crippen LogP contribution in [0.4, 0.5) is 0 Å². The molecule has 1 unspecified atom stereocenters. The van der Waals surface area contributed by atoms with Gasteiger partial charge in [-0.3, -0.25) is 4.79 Å². The highest BCUT2D eigenvalue weighted by Crippen LogP contribution is 2.10.